The summed E-state index contributed by atoms with van der Waals surface area (Å²) >= 11 is 0. The van der Waals surface area contributed by atoms with Crippen molar-refractivity contribution in [2.24, 2.45) is 5.92 Å². The normalized spacial score (nSPS) is 16.1. The molecule has 0 saturated heterocycles. The Morgan fingerprint density at radius 2 is 2.00 bits per heavy atom. The predicted molar refractivity (Wildman–Crippen MR) is 56.4 cm³/mol. The molecule has 1 fully saturated rings. The quantitative estimate of drug-likeness (QED) is 0.703. The molecule has 4 nitrogen and oxygen atoms in total. The van der Waals surface area contributed by atoms with E-state index in [1.807, 2.05) is 13.8 Å². The molecule has 4 heteroatoms. The number of nitrogens with one attached hydrogen (secondary N) is 1. The number of carbonyl (C=O) groups excluding carboxylic acids is 1. The van der Waals surface area contributed by atoms with Gasteiger partial charge < -0.3 is 10.4 Å². The first-order chi connectivity index (χ1) is 6.89. The van der Waals surface area contributed by atoms with Gasteiger partial charge in [0.15, 0.2) is 0 Å². The van der Waals surface area contributed by atoms with Gasteiger partial charge in [-0.05, 0) is 39.0 Å². The van der Waals surface area contributed by atoms with Crippen LogP contribution in [-0.4, -0.2) is 22.5 Å². The van der Waals surface area contributed by atoms with Crippen LogP contribution in [0.2, 0.25) is 0 Å². The summed E-state index contributed by atoms with van der Waals surface area (Å²) in [4.78, 5) is 21.9. The topological polar surface area (TPSA) is 66.4 Å². The Labute approximate surface area is 90.0 Å². The number of hydrogen-bond donors (Lipinski definition) is 2. The van der Waals surface area contributed by atoms with E-state index < -0.39 is 11.5 Å². The molecule has 15 heavy (non-hydrogen) atoms. The Morgan fingerprint density at radius 1 is 1.40 bits per heavy atom. The van der Waals surface area contributed by atoms with Gasteiger partial charge >= 0.3 is 5.97 Å². The highest BCUT2D eigenvalue weighted by Crippen LogP contribution is 2.32. The van der Waals surface area contributed by atoms with Crippen molar-refractivity contribution in [2.45, 2.75) is 51.5 Å². The highest BCUT2D eigenvalue weighted by Gasteiger charge is 2.27. The van der Waals surface area contributed by atoms with Crippen molar-refractivity contribution in [2.75, 3.05) is 0 Å². The zero-order chi connectivity index (χ0) is 11.5. The van der Waals surface area contributed by atoms with E-state index in [1.54, 1.807) is 0 Å². The van der Waals surface area contributed by atoms with Gasteiger partial charge in [0.2, 0.25) is 5.91 Å². The first-order valence-corrected chi connectivity index (χ1v) is 5.42. The van der Waals surface area contributed by atoms with Gasteiger partial charge in [-0.1, -0.05) is 0 Å². The highest BCUT2D eigenvalue weighted by atomic mass is 16.4. The minimum absolute atomic E-state index is 0.0490. The van der Waals surface area contributed by atoms with Crippen LogP contribution in [-0.2, 0) is 9.59 Å². The molecule has 1 saturated carbocycles. The molecule has 0 bridgehead atoms. The minimum Gasteiger partial charge on any atom is -0.481 e. The van der Waals surface area contributed by atoms with Gasteiger partial charge in [0, 0.05) is 18.4 Å². The summed E-state index contributed by atoms with van der Waals surface area (Å²) < 4.78 is 0. The first kappa shape index (κ1) is 12.0. The van der Waals surface area contributed by atoms with E-state index in [-0.39, 0.29) is 12.3 Å². The van der Waals surface area contributed by atoms with Crippen LogP contribution in [0.5, 0.6) is 0 Å². The second-order valence-electron chi connectivity index (χ2n) is 4.97. The Balaban J connectivity index is 2.26. The van der Waals surface area contributed by atoms with E-state index in [1.165, 1.54) is 0 Å². The molecule has 1 amide bonds. The van der Waals surface area contributed by atoms with Gasteiger partial charge in [0.05, 0.1) is 0 Å². The summed E-state index contributed by atoms with van der Waals surface area (Å²) in [5.41, 5.74) is -0.412. The zero-order valence-corrected chi connectivity index (χ0v) is 9.38. The molecule has 1 aliphatic rings. The van der Waals surface area contributed by atoms with Crippen LogP contribution in [0.15, 0.2) is 0 Å². The Morgan fingerprint density at radius 3 is 2.47 bits per heavy atom. The number of carboxylic acids is 1. The van der Waals surface area contributed by atoms with E-state index in [0.717, 1.165) is 12.8 Å². The third-order valence-corrected chi connectivity index (χ3v) is 2.61. The van der Waals surface area contributed by atoms with E-state index in [0.29, 0.717) is 18.8 Å². The van der Waals surface area contributed by atoms with E-state index in [4.69, 9.17) is 5.11 Å². The standard InChI is InChI=1S/C11H19NO3/c1-11(2,6-5-10(14)15)12-9(13)7-8-3-4-8/h8H,3-7H2,1-2H3,(H,12,13)(H,14,15). The summed E-state index contributed by atoms with van der Waals surface area (Å²) in [6.07, 6.45) is 3.47. The summed E-state index contributed by atoms with van der Waals surface area (Å²) in [5.74, 6) is -0.201. The van der Waals surface area contributed by atoms with E-state index in [2.05, 4.69) is 5.32 Å². The van der Waals surface area contributed by atoms with E-state index in [9.17, 15) is 9.59 Å². The van der Waals surface area contributed by atoms with Crippen molar-refractivity contribution < 1.29 is 14.7 Å². The van der Waals surface area contributed by atoms with Crippen molar-refractivity contribution in [3.63, 3.8) is 0 Å². The maximum absolute atomic E-state index is 11.5. The van der Waals surface area contributed by atoms with Crippen LogP contribution in [0.4, 0.5) is 0 Å². The van der Waals surface area contributed by atoms with Crippen LogP contribution in [0.1, 0.15) is 46.0 Å². The largest absolute Gasteiger partial charge is 0.481 e. The molecule has 1 aliphatic carbocycles. The molecule has 0 radical (unpaired) electrons. The Bertz CT molecular complexity index is 257. The van der Waals surface area contributed by atoms with E-state index >= 15 is 0 Å². The number of carbonyl (C=O) groups is 2. The molecular weight excluding hydrogens is 194 g/mol. The van der Waals surface area contributed by atoms with Crippen LogP contribution >= 0.6 is 0 Å². The second-order valence-corrected chi connectivity index (χ2v) is 4.97. The van der Waals surface area contributed by atoms with Gasteiger partial charge in [-0.25, -0.2) is 0 Å². The summed E-state index contributed by atoms with van der Waals surface area (Å²) in [5, 5.41) is 11.4. The average Bonchev–Trinajstić information content (AvgIpc) is 2.83. The molecule has 86 valence electrons. The highest BCUT2D eigenvalue weighted by molar-refractivity contribution is 5.77. The minimum atomic E-state index is -0.820. The van der Waals surface area contributed by atoms with Gasteiger partial charge in [0.25, 0.3) is 0 Å². The van der Waals surface area contributed by atoms with Crippen molar-refractivity contribution in [1.82, 2.24) is 5.32 Å². The summed E-state index contributed by atoms with van der Waals surface area (Å²) in [6.45, 7) is 3.72. The number of carboxylic acid groups (broad SMARTS) is 1. The number of rotatable bonds is 6. The fourth-order valence-electron chi connectivity index (χ4n) is 1.49. The molecule has 0 unspecified atom stereocenters. The van der Waals surface area contributed by atoms with Gasteiger partial charge in [-0.2, -0.15) is 0 Å². The van der Waals surface area contributed by atoms with Crippen LogP contribution in [0.25, 0.3) is 0 Å². The lowest BCUT2D eigenvalue weighted by Gasteiger charge is -2.25. The fraction of sp³-hybridized carbons (Fsp3) is 0.818. The number of aliphatic carboxylic acids is 1. The third kappa shape index (κ3) is 5.40. The average molecular weight is 213 g/mol. The maximum Gasteiger partial charge on any atom is 0.303 e. The van der Waals surface area contributed by atoms with Crippen molar-refractivity contribution in [3.8, 4) is 0 Å². The molecule has 0 spiro atoms. The fourth-order valence-corrected chi connectivity index (χ4v) is 1.49. The third-order valence-electron chi connectivity index (χ3n) is 2.61. The van der Waals surface area contributed by atoms with Crippen molar-refractivity contribution in [3.05, 3.63) is 0 Å². The molecule has 0 aromatic carbocycles. The van der Waals surface area contributed by atoms with Crippen LogP contribution < -0.4 is 5.32 Å². The smallest absolute Gasteiger partial charge is 0.303 e. The first-order valence-electron chi connectivity index (χ1n) is 5.42. The van der Waals surface area contributed by atoms with Gasteiger partial charge in [-0.15, -0.1) is 0 Å². The lowest BCUT2D eigenvalue weighted by atomic mass is 9.98. The molecule has 2 N–H and O–H groups in total. The Hall–Kier alpha value is -1.06. The summed E-state index contributed by atoms with van der Waals surface area (Å²) in [7, 11) is 0. The molecular formula is C11H19NO3. The second kappa shape index (κ2) is 4.64. The zero-order valence-electron chi connectivity index (χ0n) is 9.38. The van der Waals surface area contributed by atoms with Crippen molar-refractivity contribution >= 4 is 11.9 Å². The lowest BCUT2D eigenvalue weighted by molar-refractivity contribution is -0.137. The number of hydrogen-bond acceptors (Lipinski definition) is 2. The molecule has 0 aliphatic heterocycles. The molecule has 0 heterocycles. The molecule has 0 aromatic heterocycles. The Kier molecular flexibility index (Phi) is 3.72. The molecule has 0 aromatic rings. The number of amides is 1. The van der Waals surface area contributed by atoms with Crippen LogP contribution in [0, 0.1) is 5.92 Å². The molecule has 0 atom stereocenters. The van der Waals surface area contributed by atoms with Crippen LogP contribution in [0.3, 0.4) is 0 Å². The van der Waals surface area contributed by atoms with Crippen molar-refractivity contribution in [1.29, 1.82) is 0 Å². The lowest BCUT2D eigenvalue weighted by Crippen LogP contribution is -2.43. The summed E-state index contributed by atoms with van der Waals surface area (Å²) in [6, 6.07) is 0. The SMILES string of the molecule is CC(C)(CCC(=O)O)NC(=O)CC1CC1. The maximum atomic E-state index is 11.5. The van der Waals surface area contributed by atoms with Gasteiger partial charge in [0.1, 0.15) is 0 Å². The molecule has 1 rings (SSSR count). The van der Waals surface area contributed by atoms with Gasteiger partial charge in [-0.3, -0.25) is 9.59 Å². The predicted octanol–water partition coefficient (Wildman–Crippen LogP) is 1.55. The monoisotopic (exact) mass is 213 g/mol.